The van der Waals surface area contributed by atoms with Crippen LogP contribution in [0.1, 0.15) is 26.3 Å². The fraction of sp³-hybridized carbons (Fsp3) is 0.462. The van der Waals surface area contributed by atoms with Gasteiger partial charge in [-0.25, -0.2) is 0 Å². The second-order valence-electron chi connectivity index (χ2n) is 4.91. The molecule has 0 fully saturated rings. The largest absolute Gasteiger partial charge is 0.305 e. The number of carbonyl (C=O) groups excluding carboxylic acids is 1. The van der Waals surface area contributed by atoms with E-state index in [1.165, 1.54) is 0 Å². The first-order valence-corrected chi connectivity index (χ1v) is 6.18. The summed E-state index contributed by atoms with van der Waals surface area (Å²) in [6.45, 7) is 6.58. The Morgan fingerprint density at radius 3 is 2.50 bits per heavy atom. The Labute approximate surface area is 106 Å². The van der Waals surface area contributed by atoms with Gasteiger partial charge in [0.1, 0.15) is 0 Å². The van der Waals surface area contributed by atoms with Crippen LogP contribution in [0.2, 0.25) is 0 Å². The molecule has 1 N–H and O–H groups in total. The molecular formula is C13H18BrNO. The predicted octanol–water partition coefficient (Wildman–Crippen LogP) is 2.95. The Morgan fingerprint density at radius 2 is 1.94 bits per heavy atom. The summed E-state index contributed by atoms with van der Waals surface area (Å²) in [6, 6.07) is 7.83. The molecule has 0 saturated heterocycles. The SMILES string of the molecule is CC(C)(C)NCC(=O)Cc1ccccc1Br. The van der Waals surface area contributed by atoms with E-state index in [4.69, 9.17) is 0 Å². The van der Waals surface area contributed by atoms with Crippen molar-refractivity contribution in [2.45, 2.75) is 32.7 Å². The van der Waals surface area contributed by atoms with E-state index < -0.39 is 0 Å². The van der Waals surface area contributed by atoms with E-state index in [1.807, 2.05) is 24.3 Å². The van der Waals surface area contributed by atoms with Crippen molar-refractivity contribution in [2.24, 2.45) is 0 Å². The lowest BCUT2D eigenvalue weighted by Crippen LogP contribution is -2.39. The van der Waals surface area contributed by atoms with Crippen LogP contribution in [0.4, 0.5) is 0 Å². The second kappa shape index (κ2) is 5.60. The Bertz CT molecular complexity index is 368. The summed E-state index contributed by atoms with van der Waals surface area (Å²) in [5.41, 5.74) is 1.03. The fourth-order valence-electron chi connectivity index (χ4n) is 1.28. The quantitative estimate of drug-likeness (QED) is 0.921. The molecule has 0 saturated carbocycles. The van der Waals surface area contributed by atoms with E-state index in [0.717, 1.165) is 10.0 Å². The molecule has 0 atom stereocenters. The topological polar surface area (TPSA) is 29.1 Å². The van der Waals surface area contributed by atoms with Crippen LogP contribution in [0.5, 0.6) is 0 Å². The molecular weight excluding hydrogens is 266 g/mol. The fourth-order valence-corrected chi connectivity index (χ4v) is 1.71. The Hall–Kier alpha value is -0.670. The van der Waals surface area contributed by atoms with Crippen molar-refractivity contribution in [1.29, 1.82) is 0 Å². The molecule has 0 amide bonds. The first-order valence-electron chi connectivity index (χ1n) is 5.38. The summed E-state index contributed by atoms with van der Waals surface area (Å²) in [6.07, 6.45) is 0.477. The number of ketones is 1. The predicted molar refractivity (Wildman–Crippen MR) is 70.6 cm³/mol. The van der Waals surface area contributed by atoms with Gasteiger partial charge < -0.3 is 5.32 Å². The normalized spacial score (nSPS) is 11.5. The maximum Gasteiger partial charge on any atom is 0.151 e. The molecule has 2 nitrogen and oxygen atoms in total. The van der Waals surface area contributed by atoms with Crippen LogP contribution in [-0.2, 0) is 11.2 Å². The van der Waals surface area contributed by atoms with Gasteiger partial charge in [0.25, 0.3) is 0 Å². The molecule has 1 aromatic carbocycles. The number of halogens is 1. The Kier molecular flexibility index (Phi) is 4.69. The zero-order valence-electron chi connectivity index (χ0n) is 10.0. The summed E-state index contributed by atoms with van der Waals surface area (Å²) < 4.78 is 0.999. The van der Waals surface area contributed by atoms with Gasteiger partial charge in [0, 0.05) is 16.4 Å². The Balaban J connectivity index is 2.50. The second-order valence-corrected chi connectivity index (χ2v) is 5.76. The molecule has 0 spiro atoms. The number of hydrogen-bond donors (Lipinski definition) is 1. The summed E-state index contributed by atoms with van der Waals surface area (Å²) in [5.74, 6) is 0.210. The van der Waals surface area contributed by atoms with Crippen molar-refractivity contribution in [3.05, 3.63) is 34.3 Å². The van der Waals surface area contributed by atoms with Crippen LogP contribution >= 0.6 is 15.9 Å². The minimum absolute atomic E-state index is 0.0103. The number of Topliss-reactive ketones (excluding diaryl/α,β-unsaturated/α-hetero) is 1. The Morgan fingerprint density at radius 1 is 1.31 bits per heavy atom. The standard InChI is InChI=1S/C13H18BrNO/c1-13(2,3)15-9-11(16)8-10-6-4-5-7-12(10)14/h4-7,15H,8-9H2,1-3H3. The molecule has 0 radical (unpaired) electrons. The number of benzene rings is 1. The summed E-state index contributed by atoms with van der Waals surface area (Å²) in [5, 5.41) is 3.20. The maximum atomic E-state index is 11.7. The third-order valence-electron chi connectivity index (χ3n) is 2.16. The highest BCUT2D eigenvalue weighted by molar-refractivity contribution is 9.10. The molecule has 0 aromatic heterocycles. The lowest BCUT2D eigenvalue weighted by Gasteiger charge is -2.19. The van der Waals surface area contributed by atoms with Crippen molar-refractivity contribution >= 4 is 21.7 Å². The van der Waals surface area contributed by atoms with Gasteiger partial charge >= 0.3 is 0 Å². The van der Waals surface area contributed by atoms with E-state index >= 15 is 0 Å². The highest BCUT2D eigenvalue weighted by atomic mass is 79.9. The highest BCUT2D eigenvalue weighted by Gasteiger charge is 2.12. The number of carbonyl (C=O) groups is 1. The van der Waals surface area contributed by atoms with Crippen LogP contribution in [0.25, 0.3) is 0 Å². The van der Waals surface area contributed by atoms with Crippen molar-refractivity contribution in [1.82, 2.24) is 5.32 Å². The molecule has 3 heteroatoms. The van der Waals surface area contributed by atoms with Gasteiger partial charge in [0.2, 0.25) is 0 Å². The van der Waals surface area contributed by atoms with Gasteiger partial charge in [0.15, 0.2) is 5.78 Å². The average molecular weight is 284 g/mol. The molecule has 0 unspecified atom stereocenters. The van der Waals surface area contributed by atoms with Gasteiger partial charge in [-0.05, 0) is 32.4 Å². The van der Waals surface area contributed by atoms with Gasteiger partial charge in [-0.15, -0.1) is 0 Å². The van der Waals surface area contributed by atoms with Gasteiger partial charge in [0.05, 0.1) is 6.54 Å². The average Bonchev–Trinajstić information content (AvgIpc) is 2.18. The maximum absolute atomic E-state index is 11.7. The van der Waals surface area contributed by atoms with Crippen molar-refractivity contribution in [2.75, 3.05) is 6.54 Å². The molecule has 0 aliphatic carbocycles. The number of nitrogens with one attached hydrogen (secondary N) is 1. The summed E-state index contributed by atoms with van der Waals surface area (Å²) >= 11 is 3.44. The summed E-state index contributed by atoms with van der Waals surface area (Å²) in [7, 11) is 0. The smallest absolute Gasteiger partial charge is 0.151 e. The zero-order chi connectivity index (χ0) is 12.2. The third kappa shape index (κ3) is 4.90. The lowest BCUT2D eigenvalue weighted by atomic mass is 10.1. The van der Waals surface area contributed by atoms with E-state index in [0.29, 0.717) is 13.0 Å². The van der Waals surface area contributed by atoms with Crippen LogP contribution in [0, 0.1) is 0 Å². The summed E-state index contributed by atoms with van der Waals surface area (Å²) in [4.78, 5) is 11.7. The lowest BCUT2D eigenvalue weighted by molar-refractivity contribution is -0.117. The molecule has 0 bridgehead atoms. The molecule has 1 aromatic rings. The van der Waals surface area contributed by atoms with Crippen LogP contribution in [0.15, 0.2) is 28.7 Å². The van der Waals surface area contributed by atoms with E-state index in [-0.39, 0.29) is 11.3 Å². The number of rotatable bonds is 4. The molecule has 1 rings (SSSR count). The molecule has 88 valence electrons. The number of hydrogen-bond acceptors (Lipinski definition) is 2. The van der Waals surface area contributed by atoms with Gasteiger partial charge in [-0.1, -0.05) is 34.1 Å². The minimum Gasteiger partial charge on any atom is -0.305 e. The first kappa shape index (κ1) is 13.4. The molecule has 16 heavy (non-hydrogen) atoms. The monoisotopic (exact) mass is 283 g/mol. The first-order chi connectivity index (χ1) is 7.38. The van der Waals surface area contributed by atoms with Crippen LogP contribution in [-0.4, -0.2) is 17.9 Å². The van der Waals surface area contributed by atoms with Crippen LogP contribution < -0.4 is 5.32 Å². The van der Waals surface area contributed by atoms with Crippen molar-refractivity contribution < 1.29 is 4.79 Å². The molecule has 0 aliphatic heterocycles. The molecule has 0 aliphatic rings. The minimum atomic E-state index is -0.0103. The van der Waals surface area contributed by atoms with E-state index in [2.05, 4.69) is 42.0 Å². The van der Waals surface area contributed by atoms with Gasteiger partial charge in [-0.3, -0.25) is 4.79 Å². The molecule has 0 heterocycles. The van der Waals surface area contributed by atoms with Crippen molar-refractivity contribution in [3.8, 4) is 0 Å². The van der Waals surface area contributed by atoms with Crippen molar-refractivity contribution in [3.63, 3.8) is 0 Å². The zero-order valence-corrected chi connectivity index (χ0v) is 11.6. The van der Waals surface area contributed by atoms with Gasteiger partial charge in [-0.2, -0.15) is 0 Å². The van der Waals surface area contributed by atoms with Crippen LogP contribution in [0.3, 0.4) is 0 Å². The third-order valence-corrected chi connectivity index (χ3v) is 2.93. The highest BCUT2D eigenvalue weighted by Crippen LogP contribution is 2.16. The van der Waals surface area contributed by atoms with E-state index in [1.54, 1.807) is 0 Å². The van der Waals surface area contributed by atoms with E-state index in [9.17, 15) is 4.79 Å².